The topological polar surface area (TPSA) is 102 Å². The van der Waals surface area contributed by atoms with Gasteiger partial charge in [-0.15, -0.1) is 0 Å². The number of carbonyl (C=O) groups is 3. The van der Waals surface area contributed by atoms with Crippen LogP contribution in [0.5, 0.6) is 5.75 Å². The fraction of sp³-hybridized carbons (Fsp3) is 0.423. The fourth-order valence-corrected chi connectivity index (χ4v) is 5.16. The smallest absolute Gasteiger partial charge is 0.246 e. The van der Waals surface area contributed by atoms with Gasteiger partial charge < -0.3 is 25.0 Å². The average molecular weight is 479 g/mol. The van der Waals surface area contributed by atoms with Crippen molar-refractivity contribution >= 4 is 17.7 Å². The van der Waals surface area contributed by atoms with Gasteiger partial charge in [-0.25, -0.2) is 0 Å². The van der Waals surface area contributed by atoms with E-state index in [0.29, 0.717) is 52.4 Å². The minimum Gasteiger partial charge on any atom is -0.508 e. The number of piperazine rings is 2. The van der Waals surface area contributed by atoms with Crippen LogP contribution in [0.2, 0.25) is 0 Å². The fourth-order valence-electron chi connectivity index (χ4n) is 5.16. The summed E-state index contributed by atoms with van der Waals surface area (Å²) in [5, 5.41) is 12.4. The van der Waals surface area contributed by atoms with E-state index in [0.717, 1.165) is 11.1 Å². The van der Waals surface area contributed by atoms with E-state index in [9.17, 15) is 19.5 Å². The zero-order chi connectivity index (χ0) is 24.4. The molecule has 0 radical (unpaired) electrons. The number of hydrogen-bond donors (Lipinski definition) is 2. The molecule has 3 heterocycles. The predicted molar refractivity (Wildman–Crippen MR) is 127 cm³/mol. The number of nitrogens with one attached hydrogen (secondary N) is 1. The molecule has 2 aromatic carbocycles. The molecule has 3 fully saturated rings. The number of amides is 3. The predicted octanol–water partition coefficient (Wildman–Crippen LogP) is 0.546. The molecule has 3 aliphatic rings. The van der Waals surface area contributed by atoms with Crippen molar-refractivity contribution in [1.29, 1.82) is 0 Å². The van der Waals surface area contributed by atoms with E-state index < -0.39 is 18.1 Å². The summed E-state index contributed by atoms with van der Waals surface area (Å²) in [5.74, 6) is -0.161. The van der Waals surface area contributed by atoms with Gasteiger partial charge >= 0.3 is 0 Å². The number of ether oxygens (including phenoxy) is 1. The number of aromatic hydroxyl groups is 1. The van der Waals surface area contributed by atoms with Crippen LogP contribution in [0.1, 0.15) is 17.2 Å². The molecular weight excluding hydrogens is 448 g/mol. The van der Waals surface area contributed by atoms with Crippen molar-refractivity contribution in [3.63, 3.8) is 0 Å². The summed E-state index contributed by atoms with van der Waals surface area (Å²) in [6.07, 6.45) is 0.361. The van der Waals surface area contributed by atoms with Gasteiger partial charge in [-0.1, -0.05) is 42.5 Å². The summed E-state index contributed by atoms with van der Waals surface area (Å²) in [7, 11) is 0. The largest absolute Gasteiger partial charge is 0.508 e. The summed E-state index contributed by atoms with van der Waals surface area (Å²) in [4.78, 5) is 45.5. The van der Waals surface area contributed by atoms with Gasteiger partial charge in [0.1, 0.15) is 23.9 Å². The summed E-state index contributed by atoms with van der Waals surface area (Å²) in [5.41, 5.74) is 1.74. The first-order valence-corrected chi connectivity index (χ1v) is 12.1. The molecule has 0 spiro atoms. The molecule has 9 heteroatoms. The molecule has 2 N–H and O–H groups in total. The second-order valence-electron chi connectivity index (χ2n) is 9.22. The Labute approximate surface area is 204 Å². The van der Waals surface area contributed by atoms with Crippen molar-refractivity contribution in [3.05, 3.63) is 65.7 Å². The van der Waals surface area contributed by atoms with E-state index in [1.807, 2.05) is 40.1 Å². The van der Waals surface area contributed by atoms with Gasteiger partial charge in [0.05, 0.1) is 13.2 Å². The number of carbonyl (C=O) groups excluding carboxylic acids is 3. The SMILES string of the molecule is O=C1N[C@@H](Cc2ccc(O)cc2)C(=O)N2CCN(C(C(=O)N3CCOCC3)c3ccccc3)C[C@H]12. The van der Waals surface area contributed by atoms with Crippen LogP contribution in [0.4, 0.5) is 0 Å². The van der Waals surface area contributed by atoms with Gasteiger partial charge in [-0.05, 0) is 23.3 Å². The van der Waals surface area contributed by atoms with Crippen molar-refractivity contribution in [3.8, 4) is 5.75 Å². The molecule has 0 bridgehead atoms. The lowest BCUT2D eigenvalue weighted by Crippen LogP contribution is -2.70. The van der Waals surface area contributed by atoms with E-state index in [1.165, 1.54) is 0 Å². The summed E-state index contributed by atoms with van der Waals surface area (Å²) >= 11 is 0. The van der Waals surface area contributed by atoms with Crippen LogP contribution >= 0.6 is 0 Å². The van der Waals surface area contributed by atoms with Gasteiger partial charge in [0.15, 0.2) is 0 Å². The minimum atomic E-state index is -0.644. The Morgan fingerprint density at radius 2 is 1.71 bits per heavy atom. The molecule has 35 heavy (non-hydrogen) atoms. The van der Waals surface area contributed by atoms with Crippen molar-refractivity contribution < 1.29 is 24.2 Å². The van der Waals surface area contributed by atoms with Crippen molar-refractivity contribution in [2.24, 2.45) is 0 Å². The number of fused-ring (bicyclic) bond motifs is 1. The lowest BCUT2D eigenvalue weighted by atomic mass is 9.96. The first-order chi connectivity index (χ1) is 17.0. The second-order valence-corrected chi connectivity index (χ2v) is 9.22. The summed E-state index contributed by atoms with van der Waals surface area (Å²) < 4.78 is 5.42. The average Bonchev–Trinajstić information content (AvgIpc) is 2.89. The Hall–Kier alpha value is -3.43. The van der Waals surface area contributed by atoms with Gasteiger partial charge in [-0.3, -0.25) is 19.3 Å². The Bertz CT molecular complexity index is 1070. The molecule has 3 aliphatic heterocycles. The molecule has 0 aromatic heterocycles. The number of rotatable bonds is 5. The van der Waals surface area contributed by atoms with Crippen LogP contribution in [0.15, 0.2) is 54.6 Å². The van der Waals surface area contributed by atoms with E-state index in [2.05, 4.69) is 5.32 Å². The zero-order valence-electron chi connectivity index (χ0n) is 19.5. The van der Waals surface area contributed by atoms with Crippen LogP contribution in [0, 0.1) is 0 Å². The third kappa shape index (κ3) is 4.87. The third-order valence-corrected chi connectivity index (χ3v) is 7.03. The Balaban J connectivity index is 1.33. The first kappa shape index (κ1) is 23.3. The van der Waals surface area contributed by atoms with Crippen molar-refractivity contribution in [2.75, 3.05) is 45.9 Å². The quantitative estimate of drug-likeness (QED) is 0.651. The normalized spacial score (nSPS) is 24.0. The molecular formula is C26H30N4O5. The Morgan fingerprint density at radius 3 is 2.43 bits per heavy atom. The van der Waals surface area contributed by atoms with Crippen LogP contribution < -0.4 is 5.32 Å². The van der Waals surface area contributed by atoms with Gasteiger partial charge in [-0.2, -0.15) is 0 Å². The molecule has 2 aromatic rings. The zero-order valence-corrected chi connectivity index (χ0v) is 19.5. The molecule has 5 rings (SSSR count). The molecule has 3 atom stereocenters. The van der Waals surface area contributed by atoms with E-state index in [-0.39, 0.29) is 23.5 Å². The Morgan fingerprint density at radius 1 is 1.00 bits per heavy atom. The van der Waals surface area contributed by atoms with Gasteiger partial charge in [0.25, 0.3) is 0 Å². The standard InChI is InChI=1S/C26H30N4O5/c31-20-8-6-18(7-9-20)16-21-25(33)30-11-10-29(17-22(30)24(32)27-21)23(19-4-2-1-3-5-19)26(34)28-12-14-35-15-13-28/h1-9,21-23,31H,10-17H2,(H,27,32)/t21-,22+,23?/m0/s1. The highest BCUT2D eigenvalue weighted by Crippen LogP contribution is 2.28. The van der Waals surface area contributed by atoms with Crippen LogP contribution in [-0.2, 0) is 25.5 Å². The number of morpholine rings is 1. The maximum absolute atomic E-state index is 13.6. The molecule has 3 amide bonds. The number of nitrogens with zero attached hydrogens (tertiary/aromatic N) is 3. The third-order valence-electron chi connectivity index (χ3n) is 7.03. The van der Waals surface area contributed by atoms with E-state index in [1.54, 1.807) is 29.2 Å². The summed E-state index contributed by atoms with van der Waals surface area (Å²) in [6.45, 7) is 3.29. The Kier molecular flexibility index (Phi) is 6.70. The monoisotopic (exact) mass is 478 g/mol. The number of phenolic OH excluding ortho intramolecular Hbond substituents is 1. The lowest BCUT2D eigenvalue weighted by molar-refractivity contribution is -0.156. The number of benzene rings is 2. The van der Waals surface area contributed by atoms with Crippen LogP contribution in [-0.4, -0.2) is 95.5 Å². The first-order valence-electron chi connectivity index (χ1n) is 12.1. The summed E-state index contributed by atoms with van der Waals surface area (Å²) in [6, 6.07) is 14.5. The maximum Gasteiger partial charge on any atom is 0.246 e. The second kappa shape index (κ2) is 10.1. The van der Waals surface area contributed by atoms with Gasteiger partial charge in [0, 0.05) is 39.1 Å². The van der Waals surface area contributed by atoms with Crippen molar-refractivity contribution in [1.82, 2.24) is 20.0 Å². The minimum absolute atomic E-state index is 0.000649. The molecule has 184 valence electrons. The molecule has 3 saturated heterocycles. The number of hydrogen-bond acceptors (Lipinski definition) is 6. The van der Waals surface area contributed by atoms with Crippen LogP contribution in [0.25, 0.3) is 0 Å². The molecule has 0 aliphatic carbocycles. The number of phenols is 1. The molecule has 9 nitrogen and oxygen atoms in total. The van der Waals surface area contributed by atoms with E-state index in [4.69, 9.17) is 4.74 Å². The highest BCUT2D eigenvalue weighted by molar-refractivity contribution is 5.97. The maximum atomic E-state index is 13.6. The van der Waals surface area contributed by atoms with Gasteiger partial charge in [0.2, 0.25) is 17.7 Å². The molecule has 1 unspecified atom stereocenters. The highest BCUT2D eigenvalue weighted by atomic mass is 16.5. The highest BCUT2D eigenvalue weighted by Gasteiger charge is 2.46. The molecule has 0 saturated carbocycles. The van der Waals surface area contributed by atoms with Crippen molar-refractivity contribution in [2.45, 2.75) is 24.5 Å². The lowest BCUT2D eigenvalue weighted by Gasteiger charge is -2.47. The van der Waals surface area contributed by atoms with Crippen LogP contribution in [0.3, 0.4) is 0 Å². The van der Waals surface area contributed by atoms with E-state index >= 15 is 0 Å².